The van der Waals surface area contributed by atoms with Gasteiger partial charge in [-0.05, 0) is 40.5 Å². The van der Waals surface area contributed by atoms with Crippen molar-refractivity contribution in [3.8, 4) is 0 Å². The minimum absolute atomic E-state index is 0.0345. The Kier molecular flexibility index (Phi) is 6.97. The molecule has 1 saturated heterocycles. The summed E-state index contributed by atoms with van der Waals surface area (Å²) in [5.74, 6) is 1.06. The molecule has 0 aromatic carbocycles. The summed E-state index contributed by atoms with van der Waals surface area (Å²) in [7, 11) is 0. The molecular weight excluding hydrogens is 302 g/mol. The molecule has 1 aliphatic rings. The highest BCUT2D eigenvalue weighted by atomic mass is 16.1. The summed E-state index contributed by atoms with van der Waals surface area (Å²) in [6.45, 7) is 12.0. The molecule has 1 aromatic heterocycles. The molecule has 134 valence electrons. The third kappa shape index (κ3) is 5.16. The van der Waals surface area contributed by atoms with E-state index in [0.717, 1.165) is 38.3 Å². The number of piperidine rings is 1. The van der Waals surface area contributed by atoms with Crippen LogP contribution in [0.3, 0.4) is 0 Å². The van der Waals surface area contributed by atoms with Gasteiger partial charge in [0.25, 0.3) is 0 Å². The largest absolute Gasteiger partial charge is 0.355 e. The number of amides is 1. The van der Waals surface area contributed by atoms with Gasteiger partial charge in [-0.3, -0.25) is 14.7 Å². The van der Waals surface area contributed by atoms with Gasteiger partial charge in [-0.2, -0.15) is 0 Å². The molecule has 0 saturated carbocycles. The van der Waals surface area contributed by atoms with Crippen LogP contribution in [0.4, 0.5) is 5.82 Å². The summed E-state index contributed by atoms with van der Waals surface area (Å²) in [4.78, 5) is 25.5. The average molecular weight is 333 g/mol. The highest BCUT2D eigenvalue weighted by molar-refractivity contribution is 5.79. The van der Waals surface area contributed by atoms with Crippen LogP contribution >= 0.6 is 0 Å². The molecule has 24 heavy (non-hydrogen) atoms. The molecule has 1 N–H and O–H groups in total. The Balaban J connectivity index is 1.82. The molecule has 1 fully saturated rings. The first kappa shape index (κ1) is 18.6. The second-order valence-electron chi connectivity index (χ2n) is 7.07. The minimum Gasteiger partial charge on any atom is -0.355 e. The first-order valence-corrected chi connectivity index (χ1v) is 9.03. The topological polar surface area (TPSA) is 61.4 Å². The van der Waals surface area contributed by atoms with Gasteiger partial charge in [-0.1, -0.05) is 0 Å². The van der Waals surface area contributed by atoms with Crippen molar-refractivity contribution in [3.63, 3.8) is 0 Å². The van der Waals surface area contributed by atoms with Gasteiger partial charge in [0.1, 0.15) is 5.82 Å². The number of nitrogens with one attached hydrogen (secondary N) is 1. The number of aromatic nitrogens is 2. The summed E-state index contributed by atoms with van der Waals surface area (Å²) in [5.41, 5.74) is 0. The summed E-state index contributed by atoms with van der Waals surface area (Å²) >= 11 is 0. The minimum atomic E-state index is 0.0345. The monoisotopic (exact) mass is 333 g/mol. The molecule has 6 heteroatoms. The molecule has 2 rings (SSSR count). The highest BCUT2D eigenvalue weighted by Gasteiger charge is 2.26. The Labute approximate surface area is 145 Å². The fourth-order valence-electron chi connectivity index (χ4n) is 3.42. The number of hydrogen-bond acceptors (Lipinski definition) is 5. The lowest BCUT2D eigenvalue weighted by Crippen LogP contribution is -2.46. The van der Waals surface area contributed by atoms with E-state index in [2.05, 4.69) is 52.8 Å². The van der Waals surface area contributed by atoms with Crippen molar-refractivity contribution in [1.82, 2.24) is 20.2 Å². The number of anilines is 1. The molecule has 6 nitrogen and oxygen atoms in total. The lowest BCUT2D eigenvalue weighted by atomic mass is 9.97. The van der Waals surface area contributed by atoms with Crippen molar-refractivity contribution in [2.75, 3.05) is 31.1 Å². The standard InChI is InChI=1S/C18H31N5O/c1-14(2)23(15(3)4)11-9-21-18(24)16-6-5-10-22(13-16)17-12-19-7-8-20-17/h7-8,12,14-16H,5-6,9-11,13H2,1-4H3,(H,21,24). The van der Waals surface area contributed by atoms with Crippen molar-refractivity contribution < 1.29 is 4.79 Å². The number of carbonyl (C=O) groups excluding carboxylic acids is 1. The number of nitrogens with zero attached hydrogens (tertiary/aromatic N) is 4. The van der Waals surface area contributed by atoms with E-state index in [1.54, 1.807) is 18.6 Å². The maximum atomic E-state index is 12.5. The lowest BCUT2D eigenvalue weighted by molar-refractivity contribution is -0.125. The fraction of sp³-hybridized carbons (Fsp3) is 0.722. The van der Waals surface area contributed by atoms with E-state index in [-0.39, 0.29) is 11.8 Å². The zero-order valence-corrected chi connectivity index (χ0v) is 15.4. The van der Waals surface area contributed by atoms with Gasteiger partial charge in [0.15, 0.2) is 0 Å². The second kappa shape index (κ2) is 8.97. The molecule has 1 aromatic rings. The predicted molar refractivity (Wildman–Crippen MR) is 97.0 cm³/mol. The molecule has 0 bridgehead atoms. The van der Waals surface area contributed by atoms with E-state index in [4.69, 9.17) is 0 Å². The SMILES string of the molecule is CC(C)N(CCNC(=O)C1CCCN(c2cnccn2)C1)C(C)C. The van der Waals surface area contributed by atoms with Crippen molar-refractivity contribution in [3.05, 3.63) is 18.6 Å². The van der Waals surface area contributed by atoms with Crippen LogP contribution in [0.1, 0.15) is 40.5 Å². The molecule has 0 radical (unpaired) electrons. The first-order chi connectivity index (χ1) is 11.5. The predicted octanol–water partition coefficient (Wildman–Crippen LogP) is 1.93. The Morgan fingerprint density at radius 3 is 2.71 bits per heavy atom. The van der Waals surface area contributed by atoms with Crippen LogP contribution in [0.15, 0.2) is 18.6 Å². The van der Waals surface area contributed by atoms with Gasteiger partial charge in [0.2, 0.25) is 5.91 Å². The summed E-state index contributed by atoms with van der Waals surface area (Å²) in [6, 6.07) is 0.979. The number of hydrogen-bond donors (Lipinski definition) is 1. The van der Waals surface area contributed by atoms with Crippen molar-refractivity contribution in [2.24, 2.45) is 5.92 Å². The fourth-order valence-corrected chi connectivity index (χ4v) is 3.42. The van der Waals surface area contributed by atoms with E-state index >= 15 is 0 Å². The molecule has 1 atom stereocenters. The van der Waals surface area contributed by atoms with E-state index in [1.165, 1.54) is 0 Å². The van der Waals surface area contributed by atoms with E-state index in [1.807, 2.05) is 0 Å². The molecule has 2 heterocycles. The second-order valence-corrected chi connectivity index (χ2v) is 7.07. The van der Waals surface area contributed by atoms with Gasteiger partial charge in [-0.15, -0.1) is 0 Å². The Morgan fingerprint density at radius 2 is 2.08 bits per heavy atom. The third-order valence-electron chi connectivity index (χ3n) is 4.66. The van der Waals surface area contributed by atoms with Gasteiger partial charge in [0, 0.05) is 50.7 Å². The quantitative estimate of drug-likeness (QED) is 0.826. The van der Waals surface area contributed by atoms with E-state index < -0.39 is 0 Å². The van der Waals surface area contributed by atoms with E-state index in [9.17, 15) is 4.79 Å². The Bertz CT molecular complexity index is 497. The zero-order chi connectivity index (χ0) is 17.5. The molecule has 1 amide bonds. The summed E-state index contributed by atoms with van der Waals surface area (Å²) in [6.07, 6.45) is 7.10. The number of rotatable bonds is 7. The van der Waals surface area contributed by atoms with E-state index in [0.29, 0.717) is 18.6 Å². The summed E-state index contributed by atoms with van der Waals surface area (Å²) < 4.78 is 0. The summed E-state index contributed by atoms with van der Waals surface area (Å²) in [5, 5.41) is 3.12. The van der Waals surface area contributed by atoms with Crippen LogP contribution in [0.5, 0.6) is 0 Å². The Morgan fingerprint density at radius 1 is 1.33 bits per heavy atom. The van der Waals surface area contributed by atoms with Crippen molar-refractivity contribution in [1.29, 1.82) is 0 Å². The smallest absolute Gasteiger partial charge is 0.224 e. The van der Waals surface area contributed by atoms with Crippen molar-refractivity contribution in [2.45, 2.75) is 52.6 Å². The maximum Gasteiger partial charge on any atom is 0.224 e. The molecule has 1 unspecified atom stereocenters. The van der Waals surface area contributed by atoms with Gasteiger partial charge in [0.05, 0.1) is 12.1 Å². The van der Waals surface area contributed by atoms with Gasteiger partial charge >= 0.3 is 0 Å². The lowest BCUT2D eigenvalue weighted by Gasteiger charge is -2.33. The van der Waals surface area contributed by atoms with Crippen LogP contribution < -0.4 is 10.2 Å². The Hall–Kier alpha value is -1.69. The molecule has 0 aliphatic carbocycles. The molecule has 1 aliphatic heterocycles. The highest BCUT2D eigenvalue weighted by Crippen LogP contribution is 2.20. The van der Waals surface area contributed by atoms with Gasteiger partial charge in [-0.25, -0.2) is 4.98 Å². The van der Waals surface area contributed by atoms with Crippen LogP contribution in [0.2, 0.25) is 0 Å². The van der Waals surface area contributed by atoms with Crippen LogP contribution in [-0.2, 0) is 4.79 Å². The van der Waals surface area contributed by atoms with Crippen LogP contribution in [0, 0.1) is 5.92 Å². The molecular formula is C18H31N5O. The van der Waals surface area contributed by atoms with Gasteiger partial charge < -0.3 is 10.2 Å². The van der Waals surface area contributed by atoms with Crippen LogP contribution in [0.25, 0.3) is 0 Å². The first-order valence-electron chi connectivity index (χ1n) is 9.03. The van der Waals surface area contributed by atoms with Crippen LogP contribution in [-0.4, -0.2) is 59.0 Å². The zero-order valence-electron chi connectivity index (χ0n) is 15.4. The molecule has 0 spiro atoms. The number of carbonyl (C=O) groups is 1. The average Bonchev–Trinajstić information content (AvgIpc) is 2.58. The maximum absolute atomic E-state index is 12.5. The third-order valence-corrected chi connectivity index (χ3v) is 4.66. The van der Waals surface area contributed by atoms with Crippen molar-refractivity contribution >= 4 is 11.7 Å². The normalized spacial score (nSPS) is 18.5.